The van der Waals surface area contributed by atoms with Crippen LogP contribution < -0.4 is 0 Å². The Kier molecular flexibility index (Phi) is 4.52. The number of carbonyl (C=O) groups excluding carboxylic acids is 1. The predicted octanol–water partition coefficient (Wildman–Crippen LogP) is 4.24. The molecular weight excluding hydrogens is 277 g/mol. The molecule has 0 radical (unpaired) electrons. The van der Waals surface area contributed by atoms with Crippen molar-refractivity contribution < 1.29 is 9.18 Å². The van der Waals surface area contributed by atoms with E-state index in [4.69, 9.17) is 0 Å². The van der Waals surface area contributed by atoms with Crippen LogP contribution in [0.2, 0.25) is 0 Å². The van der Waals surface area contributed by atoms with E-state index in [1.165, 1.54) is 17.7 Å². The van der Waals surface area contributed by atoms with Crippen LogP contribution in [0.3, 0.4) is 0 Å². The van der Waals surface area contributed by atoms with Gasteiger partial charge in [-0.1, -0.05) is 42.8 Å². The second kappa shape index (κ2) is 6.73. The first-order valence-corrected chi connectivity index (χ1v) is 7.84. The van der Waals surface area contributed by atoms with Crippen LogP contribution in [0.1, 0.15) is 41.1 Å². The molecule has 1 saturated heterocycles. The Morgan fingerprint density at radius 1 is 1.05 bits per heavy atom. The van der Waals surface area contributed by atoms with Gasteiger partial charge in [0.15, 0.2) is 0 Å². The smallest absolute Gasteiger partial charge is 0.253 e. The predicted molar refractivity (Wildman–Crippen MR) is 85.3 cm³/mol. The molecular formula is C19H20FNO. The van der Waals surface area contributed by atoms with E-state index in [-0.39, 0.29) is 11.7 Å². The molecule has 2 nitrogen and oxygen atoms in total. The van der Waals surface area contributed by atoms with E-state index < -0.39 is 0 Å². The highest BCUT2D eigenvalue weighted by molar-refractivity contribution is 5.94. The summed E-state index contributed by atoms with van der Waals surface area (Å²) in [6, 6.07) is 16.3. The molecule has 0 N–H and O–H groups in total. The quantitative estimate of drug-likeness (QED) is 0.812. The number of amides is 1. The van der Waals surface area contributed by atoms with Crippen molar-refractivity contribution in [2.75, 3.05) is 13.1 Å². The van der Waals surface area contributed by atoms with Gasteiger partial charge in [-0.2, -0.15) is 0 Å². The van der Waals surface area contributed by atoms with Gasteiger partial charge in [0.1, 0.15) is 5.82 Å². The second-order valence-electron chi connectivity index (χ2n) is 5.86. The zero-order valence-electron chi connectivity index (χ0n) is 12.5. The number of rotatable bonds is 2. The average molecular weight is 297 g/mol. The van der Waals surface area contributed by atoms with Crippen molar-refractivity contribution in [3.63, 3.8) is 0 Å². The molecule has 1 unspecified atom stereocenters. The lowest BCUT2D eigenvalue weighted by molar-refractivity contribution is 0.0754. The van der Waals surface area contributed by atoms with Crippen molar-refractivity contribution in [3.8, 4) is 0 Å². The molecule has 0 saturated carbocycles. The van der Waals surface area contributed by atoms with Crippen molar-refractivity contribution in [1.29, 1.82) is 0 Å². The number of benzene rings is 2. The molecule has 3 rings (SSSR count). The molecule has 1 atom stereocenters. The number of carbonyl (C=O) groups is 1. The van der Waals surface area contributed by atoms with Gasteiger partial charge >= 0.3 is 0 Å². The minimum Gasteiger partial charge on any atom is -0.338 e. The minimum absolute atomic E-state index is 0.0673. The molecule has 0 spiro atoms. The zero-order chi connectivity index (χ0) is 15.4. The number of likely N-dealkylation sites (tertiary alicyclic amines) is 1. The van der Waals surface area contributed by atoms with E-state index in [0.29, 0.717) is 18.0 Å². The van der Waals surface area contributed by atoms with Crippen molar-refractivity contribution in [3.05, 3.63) is 71.5 Å². The standard InChI is InChI=1S/C19H20FNO/c20-18-11-6-10-16(13-18)19(22)21-12-5-4-9-17(14-21)15-7-2-1-3-8-15/h1-3,6-8,10-11,13,17H,4-5,9,12,14H2. The largest absolute Gasteiger partial charge is 0.338 e. The lowest BCUT2D eigenvalue weighted by Gasteiger charge is -2.25. The first-order chi connectivity index (χ1) is 10.7. The number of halogens is 1. The topological polar surface area (TPSA) is 20.3 Å². The van der Waals surface area contributed by atoms with Gasteiger partial charge in [-0.25, -0.2) is 4.39 Å². The summed E-state index contributed by atoms with van der Waals surface area (Å²) in [6.45, 7) is 1.46. The van der Waals surface area contributed by atoms with E-state index >= 15 is 0 Å². The maximum Gasteiger partial charge on any atom is 0.253 e. The molecule has 114 valence electrons. The van der Waals surface area contributed by atoms with Crippen LogP contribution in [0.15, 0.2) is 54.6 Å². The Bertz CT molecular complexity index is 641. The van der Waals surface area contributed by atoms with E-state index in [1.54, 1.807) is 12.1 Å². The summed E-state index contributed by atoms with van der Waals surface area (Å²) in [5.41, 5.74) is 1.72. The third-order valence-electron chi connectivity index (χ3n) is 4.30. The van der Waals surface area contributed by atoms with Crippen LogP contribution in [-0.4, -0.2) is 23.9 Å². The van der Waals surface area contributed by atoms with Crippen molar-refractivity contribution >= 4 is 5.91 Å². The Morgan fingerprint density at radius 3 is 2.64 bits per heavy atom. The van der Waals surface area contributed by atoms with Gasteiger partial charge in [0.2, 0.25) is 0 Å². The fraction of sp³-hybridized carbons (Fsp3) is 0.316. The molecule has 2 aromatic carbocycles. The SMILES string of the molecule is O=C(c1cccc(F)c1)N1CCCCC(c2ccccc2)C1. The second-order valence-corrected chi connectivity index (χ2v) is 5.86. The van der Waals surface area contributed by atoms with Crippen LogP contribution in [0.5, 0.6) is 0 Å². The van der Waals surface area contributed by atoms with Crippen LogP contribution in [0, 0.1) is 5.82 Å². The molecule has 3 heteroatoms. The van der Waals surface area contributed by atoms with Crippen LogP contribution in [0.4, 0.5) is 4.39 Å². The fourth-order valence-corrected chi connectivity index (χ4v) is 3.13. The Labute approximate surface area is 130 Å². The van der Waals surface area contributed by atoms with Gasteiger partial charge in [0.05, 0.1) is 0 Å². The highest BCUT2D eigenvalue weighted by Crippen LogP contribution is 2.27. The minimum atomic E-state index is -0.361. The fourth-order valence-electron chi connectivity index (χ4n) is 3.13. The highest BCUT2D eigenvalue weighted by atomic mass is 19.1. The Balaban J connectivity index is 1.79. The summed E-state index contributed by atoms with van der Waals surface area (Å²) in [6.07, 6.45) is 3.22. The van der Waals surface area contributed by atoms with E-state index in [9.17, 15) is 9.18 Å². The van der Waals surface area contributed by atoms with Gasteiger partial charge < -0.3 is 4.90 Å². The first kappa shape index (κ1) is 14.8. The third kappa shape index (κ3) is 3.35. The highest BCUT2D eigenvalue weighted by Gasteiger charge is 2.24. The molecule has 1 aliphatic heterocycles. The molecule has 0 bridgehead atoms. The molecule has 0 aliphatic carbocycles. The number of hydrogen-bond donors (Lipinski definition) is 0. The van der Waals surface area contributed by atoms with Crippen LogP contribution in [-0.2, 0) is 0 Å². The van der Waals surface area contributed by atoms with Gasteiger partial charge in [-0.15, -0.1) is 0 Å². The molecule has 0 aromatic heterocycles. The average Bonchev–Trinajstić information content (AvgIpc) is 2.81. The van der Waals surface area contributed by atoms with E-state index in [1.807, 2.05) is 23.1 Å². The van der Waals surface area contributed by atoms with E-state index in [2.05, 4.69) is 12.1 Å². The molecule has 22 heavy (non-hydrogen) atoms. The van der Waals surface area contributed by atoms with Crippen LogP contribution in [0.25, 0.3) is 0 Å². The normalized spacial score (nSPS) is 18.8. The lowest BCUT2D eigenvalue weighted by Crippen LogP contribution is -2.34. The van der Waals surface area contributed by atoms with Crippen molar-refractivity contribution in [2.45, 2.75) is 25.2 Å². The monoisotopic (exact) mass is 297 g/mol. The van der Waals surface area contributed by atoms with Crippen molar-refractivity contribution in [1.82, 2.24) is 4.90 Å². The van der Waals surface area contributed by atoms with Gasteiger partial charge in [-0.3, -0.25) is 4.79 Å². The van der Waals surface area contributed by atoms with Gasteiger partial charge in [-0.05, 0) is 36.6 Å². The number of hydrogen-bond acceptors (Lipinski definition) is 1. The van der Waals surface area contributed by atoms with Crippen LogP contribution >= 0.6 is 0 Å². The third-order valence-corrected chi connectivity index (χ3v) is 4.30. The maximum atomic E-state index is 13.3. The molecule has 2 aromatic rings. The summed E-state index contributed by atoms with van der Waals surface area (Å²) in [7, 11) is 0. The Morgan fingerprint density at radius 2 is 1.86 bits per heavy atom. The summed E-state index contributed by atoms with van der Waals surface area (Å²) >= 11 is 0. The molecule has 1 amide bonds. The van der Waals surface area contributed by atoms with Gasteiger partial charge in [0.25, 0.3) is 5.91 Å². The van der Waals surface area contributed by atoms with E-state index in [0.717, 1.165) is 25.8 Å². The first-order valence-electron chi connectivity index (χ1n) is 7.84. The summed E-state index contributed by atoms with van der Waals surface area (Å²) in [4.78, 5) is 14.5. The summed E-state index contributed by atoms with van der Waals surface area (Å²) < 4.78 is 13.3. The van der Waals surface area contributed by atoms with Crippen molar-refractivity contribution in [2.24, 2.45) is 0 Å². The number of nitrogens with zero attached hydrogens (tertiary/aromatic N) is 1. The Hall–Kier alpha value is -2.16. The van der Waals surface area contributed by atoms with Gasteiger partial charge in [0, 0.05) is 24.6 Å². The molecule has 1 heterocycles. The summed E-state index contributed by atoms with van der Waals surface area (Å²) in [5, 5.41) is 0. The zero-order valence-corrected chi connectivity index (χ0v) is 12.5. The lowest BCUT2D eigenvalue weighted by atomic mass is 9.94. The molecule has 1 fully saturated rings. The maximum absolute atomic E-state index is 13.3. The summed E-state index contributed by atoms with van der Waals surface area (Å²) in [5.74, 6) is -0.0659. The molecule has 1 aliphatic rings.